The lowest BCUT2D eigenvalue weighted by Crippen LogP contribution is -2.79. The molecule has 15 nitrogen and oxygen atoms in total. The topological polar surface area (TPSA) is 251 Å². The molecule has 3 aromatic carbocycles. The normalized spacial score (nSPS) is 26.6. The summed E-state index contributed by atoms with van der Waals surface area (Å²) in [4.78, 5) is 41.6. The van der Waals surface area contributed by atoms with E-state index in [-0.39, 0.29) is 58.8 Å². The summed E-state index contributed by atoms with van der Waals surface area (Å²) in [6.07, 6.45) is 0.870. The number of nitrogens with one attached hydrogen (secondary N) is 1. The number of hydrogen-bond acceptors (Lipinski definition) is 13. The number of aldehydes is 1. The number of nitrogens with zero attached hydrogens (tertiary/aromatic N) is 1. The average Bonchev–Trinajstić information content (AvgIpc) is 3.71. The zero-order valence-corrected chi connectivity index (χ0v) is 31.0. The maximum absolute atomic E-state index is 12.6. The number of carbonyl (C=O) groups is 3. The van der Waals surface area contributed by atoms with Crippen molar-refractivity contribution in [2.24, 2.45) is 22.6 Å². The van der Waals surface area contributed by atoms with E-state index in [9.17, 15) is 45.0 Å². The number of allylic oxidation sites excluding steroid dienone is 2. The van der Waals surface area contributed by atoms with Crippen molar-refractivity contribution in [2.45, 2.75) is 55.6 Å². The highest BCUT2D eigenvalue weighted by Crippen LogP contribution is 2.43. The number of rotatable bonds is 16. The van der Waals surface area contributed by atoms with Gasteiger partial charge in [0.2, 0.25) is 12.4 Å². The van der Waals surface area contributed by atoms with Crippen LogP contribution in [0.4, 0.5) is 0 Å². The van der Waals surface area contributed by atoms with Gasteiger partial charge in [-0.15, -0.1) is 0 Å². The van der Waals surface area contributed by atoms with Crippen molar-refractivity contribution >= 4 is 41.8 Å². The van der Waals surface area contributed by atoms with Crippen LogP contribution in [0.3, 0.4) is 0 Å². The molecule has 0 spiro atoms. The summed E-state index contributed by atoms with van der Waals surface area (Å²) in [6, 6.07) is 19.3. The van der Waals surface area contributed by atoms with Crippen LogP contribution >= 0.6 is 0 Å². The number of aliphatic imine (C=N–C) groups is 1. The minimum absolute atomic E-state index is 0.0328. The number of amides is 1. The number of benzene rings is 3. The minimum atomic E-state index is -3.12. The monoisotopic (exact) mass is 783 g/mol. The van der Waals surface area contributed by atoms with Gasteiger partial charge in [-0.1, -0.05) is 67.6 Å². The molecule has 1 saturated heterocycles. The van der Waals surface area contributed by atoms with Gasteiger partial charge in [-0.2, -0.15) is 0 Å². The van der Waals surface area contributed by atoms with Gasteiger partial charge in [0.05, 0.1) is 17.7 Å². The number of aliphatic hydroxyl groups is 4. The Bertz CT molecular complexity index is 2080. The van der Waals surface area contributed by atoms with Crippen LogP contribution in [0.15, 0.2) is 95.5 Å². The fourth-order valence-corrected chi connectivity index (χ4v) is 7.22. The van der Waals surface area contributed by atoms with Crippen LogP contribution < -0.4 is 20.5 Å². The molecule has 1 fully saturated rings. The Hall–Kier alpha value is -5.84. The number of hydrogen-bond donors (Lipinski definition) is 8. The van der Waals surface area contributed by atoms with Crippen LogP contribution in [0.2, 0.25) is 0 Å². The van der Waals surface area contributed by atoms with E-state index in [4.69, 9.17) is 19.9 Å². The Morgan fingerprint density at radius 2 is 1.82 bits per heavy atom. The molecule has 3 aliphatic heterocycles. The highest BCUT2D eigenvalue weighted by Gasteiger charge is 2.67. The zero-order valence-electron chi connectivity index (χ0n) is 31.0. The van der Waals surface area contributed by atoms with Crippen molar-refractivity contribution in [3.05, 3.63) is 107 Å². The van der Waals surface area contributed by atoms with Crippen molar-refractivity contribution in [3.8, 4) is 17.2 Å². The zero-order chi connectivity index (χ0) is 40.9. The molecule has 0 aliphatic carbocycles. The lowest BCUT2D eigenvalue weighted by atomic mass is 9.74. The van der Waals surface area contributed by atoms with E-state index in [1.165, 1.54) is 42.5 Å². The third-order valence-corrected chi connectivity index (χ3v) is 10.6. The quantitative estimate of drug-likeness (QED) is 0.0975. The van der Waals surface area contributed by atoms with Gasteiger partial charge in [-0.3, -0.25) is 14.6 Å². The van der Waals surface area contributed by atoms with Gasteiger partial charge in [-0.25, -0.2) is 4.79 Å². The number of nitrogens with two attached hydrogens (primary N) is 1. The number of phenols is 1. The lowest BCUT2D eigenvalue weighted by molar-refractivity contribution is -0.334. The molecule has 6 rings (SSSR count). The van der Waals surface area contributed by atoms with Crippen LogP contribution in [-0.4, -0.2) is 110 Å². The highest BCUT2D eigenvalue weighted by atomic mass is 16.7. The van der Waals surface area contributed by atoms with Gasteiger partial charge in [0.15, 0.2) is 23.6 Å². The number of ether oxygens (including phenoxy) is 3. The van der Waals surface area contributed by atoms with Crippen LogP contribution in [0.5, 0.6) is 17.2 Å². The summed E-state index contributed by atoms with van der Waals surface area (Å²) in [7, 11) is 0. The fraction of sp³-hybridized carbons (Fsp3) is 0.333. The largest absolute Gasteiger partial charge is 0.508 e. The first-order chi connectivity index (χ1) is 27.3. The predicted molar refractivity (Wildman–Crippen MR) is 208 cm³/mol. The number of primary amides is 1. The molecule has 0 bridgehead atoms. The predicted octanol–water partition coefficient (Wildman–Crippen LogP) is 2.62. The van der Waals surface area contributed by atoms with Crippen molar-refractivity contribution in [1.29, 1.82) is 0 Å². The van der Waals surface area contributed by atoms with Gasteiger partial charge in [0.25, 0.3) is 5.91 Å². The summed E-state index contributed by atoms with van der Waals surface area (Å²) >= 11 is 0. The van der Waals surface area contributed by atoms with Crippen LogP contribution in [0.1, 0.15) is 36.5 Å². The summed E-state index contributed by atoms with van der Waals surface area (Å²) in [5, 5.41) is 68.9. The molecule has 57 heavy (non-hydrogen) atoms. The van der Waals surface area contributed by atoms with Crippen molar-refractivity contribution in [2.75, 3.05) is 19.6 Å². The molecule has 0 saturated carbocycles. The SMILES string of the molecule is C[C@H](C/C=C/c1ccccc1)[C@H](CNC[C@]1(O)[C@H](Oc2ccc3c(c2)OC(C(N)=O)C(c2ccc(O)cc2)=C3O)O[C@H](C(=O)O)[C@@H](O)[C@@]1(O)C=O)CC1=CCN=C1. The summed E-state index contributed by atoms with van der Waals surface area (Å²) in [5.74, 6) is -3.35. The van der Waals surface area contributed by atoms with Crippen molar-refractivity contribution in [1.82, 2.24) is 5.32 Å². The van der Waals surface area contributed by atoms with Gasteiger partial charge < -0.3 is 55.9 Å². The van der Waals surface area contributed by atoms with Gasteiger partial charge in [0.1, 0.15) is 29.1 Å². The number of aliphatic hydroxyl groups excluding tert-OH is 2. The molecule has 3 aliphatic rings. The first kappa shape index (κ1) is 40.8. The molecular formula is C42H45N3O12. The Kier molecular flexibility index (Phi) is 12.3. The first-order valence-corrected chi connectivity index (χ1v) is 18.3. The number of carboxylic acid groups (broad SMARTS) is 1. The van der Waals surface area contributed by atoms with Crippen LogP contribution in [0, 0.1) is 11.8 Å². The smallest absolute Gasteiger partial charge is 0.335 e. The summed E-state index contributed by atoms with van der Waals surface area (Å²) in [5.41, 5.74) is 2.28. The maximum atomic E-state index is 12.6. The molecule has 1 unspecified atom stereocenters. The van der Waals surface area contributed by atoms with Gasteiger partial charge >= 0.3 is 5.97 Å². The molecule has 0 radical (unpaired) electrons. The second-order valence-corrected chi connectivity index (χ2v) is 14.4. The Morgan fingerprint density at radius 1 is 1.09 bits per heavy atom. The molecule has 1 amide bonds. The van der Waals surface area contributed by atoms with Crippen molar-refractivity contribution < 1.29 is 59.2 Å². The molecule has 15 heteroatoms. The average molecular weight is 784 g/mol. The number of aromatic hydroxyl groups is 1. The van der Waals surface area contributed by atoms with E-state index in [0.29, 0.717) is 24.9 Å². The number of phenolic OH excluding ortho intramolecular Hbond substituents is 1. The molecule has 3 aromatic rings. The number of carboxylic acids is 1. The maximum Gasteiger partial charge on any atom is 0.335 e. The number of carbonyl (C=O) groups excluding carboxylic acids is 2. The molecule has 0 aromatic heterocycles. The lowest BCUT2D eigenvalue weighted by Gasteiger charge is -2.51. The van der Waals surface area contributed by atoms with E-state index < -0.39 is 54.2 Å². The van der Waals surface area contributed by atoms with Crippen molar-refractivity contribution in [3.63, 3.8) is 0 Å². The first-order valence-electron chi connectivity index (χ1n) is 18.3. The van der Waals surface area contributed by atoms with E-state index in [2.05, 4.69) is 23.3 Å². The fourth-order valence-electron chi connectivity index (χ4n) is 7.22. The second-order valence-electron chi connectivity index (χ2n) is 14.4. The Morgan fingerprint density at radius 3 is 2.47 bits per heavy atom. The number of fused-ring (bicyclic) bond motifs is 1. The molecule has 300 valence electrons. The van der Waals surface area contributed by atoms with E-state index in [0.717, 1.165) is 11.1 Å². The minimum Gasteiger partial charge on any atom is -0.508 e. The van der Waals surface area contributed by atoms with E-state index >= 15 is 0 Å². The highest BCUT2D eigenvalue weighted by molar-refractivity contribution is 6.03. The molecular weight excluding hydrogens is 738 g/mol. The number of aliphatic carboxylic acids is 1. The third-order valence-electron chi connectivity index (χ3n) is 10.6. The molecule has 8 atom stereocenters. The second kappa shape index (κ2) is 17.1. The molecule has 9 N–H and O–H groups in total. The Balaban J connectivity index is 1.27. The summed E-state index contributed by atoms with van der Waals surface area (Å²) in [6.45, 7) is 2.26. The Labute approximate surface area is 328 Å². The van der Waals surface area contributed by atoms with Crippen LogP contribution in [0.25, 0.3) is 17.4 Å². The molecule has 3 heterocycles. The third kappa shape index (κ3) is 8.48. The van der Waals surface area contributed by atoms with Gasteiger partial charge in [-0.05, 0) is 72.2 Å². The standard InChI is InChI=1S/C42H45N3O12/c1-24(6-5-9-25-7-3-2-4-8-25)28(18-26-16-17-44-20-26)21-45-22-41(53)40(57-36(39(51)52)37(49)42(41,54)23-46)55-30-14-15-31-32(19-30)56-35(38(43)50)33(34(31)48)27-10-12-29(47)13-11-27/h2-5,7-16,19-20,23-24,28,35-37,40,45,47-49,53-54H,6,17-18,21-22H2,1H3,(H2,43,50)(H,51,52)/b9-5+/t24-,28+,35?,36+,37-,40-,41+,42+/m1/s1. The van der Waals surface area contributed by atoms with E-state index in [1.54, 1.807) is 6.21 Å². The van der Waals surface area contributed by atoms with Crippen LogP contribution in [-0.2, 0) is 19.1 Å². The van der Waals surface area contributed by atoms with Gasteiger partial charge in [0, 0.05) is 18.8 Å². The summed E-state index contributed by atoms with van der Waals surface area (Å²) < 4.78 is 17.4. The van der Waals surface area contributed by atoms with E-state index in [1.807, 2.05) is 42.5 Å².